The molecule has 0 saturated heterocycles. The van der Waals surface area contributed by atoms with Crippen LogP contribution in [0.4, 0.5) is 15.6 Å². The Kier molecular flexibility index (Phi) is 6.31. The van der Waals surface area contributed by atoms with Gasteiger partial charge in [0.1, 0.15) is 6.26 Å². The molecule has 0 aliphatic heterocycles. The Morgan fingerprint density at radius 1 is 1.22 bits per heavy atom. The standard InChI is InChI=1S/C22H22N4O5S/c1-12-6-7-16(15(8-12)19(27)13-4-2-3-5-13)25-21(30)26-22-23-10-14(32-22)9-18-24-17(11-31-18)20(28)29/h6-8,10-11,13H,2-5,9H2,1H3,(H,28,29)(H2,23,25,26,30). The van der Waals surface area contributed by atoms with Crippen molar-refractivity contribution in [2.24, 2.45) is 5.92 Å². The number of nitrogens with one attached hydrogen (secondary N) is 2. The van der Waals surface area contributed by atoms with Gasteiger partial charge >= 0.3 is 12.0 Å². The number of carboxylic acids is 1. The highest BCUT2D eigenvalue weighted by Crippen LogP contribution is 2.31. The molecular weight excluding hydrogens is 432 g/mol. The second-order valence-electron chi connectivity index (χ2n) is 7.71. The molecule has 3 aromatic rings. The number of hydrogen-bond donors (Lipinski definition) is 3. The Morgan fingerprint density at radius 2 is 2.00 bits per heavy atom. The van der Waals surface area contributed by atoms with Crippen molar-refractivity contribution >= 4 is 39.9 Å². The van der Waals surface area contributed by atoms with Crippen LogP contribution < -0.4 is 10.6 Å². The maximum atomic E-state index is 12.9. The first-order valence-corrected chi connectivity index (χ1v) is 11.1. The number of anilines is 2. The number of carboxylic acid groups (broad SMARTS) is 1. The third kappa shape index (κ3) is 5.02. The van der Waals surface area contributed by atoms with Gasteiger partial charge in [-0.25, -0.2) is 19.6 Å². The van der Waals surface area contributed by atoms with Gasteiger partial charge < -0.3 is 14.8 Å². The third-order valence-electron chi connectivity index (χ3n) is 5.29. The Bertz CT molecular complexity index is 1160. The van der Waals surface area contributed by atoms with Crippen LogP contribution in [0.2, 0.25) is 0 Å². The fourth-order valence-corrected chi connectivity index (χ4v) is 4.51. The van der Waals surface area contributed by atoms with E-state index in [4.69, 9.17) is 9.52 Å². The average molecular weight is 455 g/mol. The Morgan fingerprint density at radius 3 is 2.72 bits per heavy atom. The summed E-state index contributed by atoms with van der Waals surface area (Å²) >= 11 is 1.22. The molecule has 1 saturated carbocycles. The van der Waals surface area contributed by atoms with Crippen molar-refractivity contribution in [3.8, 4) is 0 Å². The third-order valence-corrected chi connectivity index (χ3v) is 6.20. The van der Waals surface area contributed by atoms with Crippen LogP contribution in [0.25, 0.3) is 0 Å². The normalized spacial score (nSPS) is 13.8. The van der Waals surface area contributed by atoms with Crippen molar-refractivity contribution in [1.82, 2.24) is 9.97 Å². The summed E-state index contributed by atoms with van der Waals surface area (Å²) in [5, 5.41) is 14.7. The molecule has 0 spiro atoms. The number of Topliss-reactive ketones (excluding diaryl/α,β-unsaturated/α-hetero) is 1. The van der Waals surface area contributed by atoms with Gasteiger partial charge in [-0.05, 0) is 31.9 Å². The molecule has 0 atom stereocenters. The summed E-state index contributed by atoms with van der Waals surface area (Å²) in [6, 6.07) is 4.91. The van der Waals surface area contributed by atoms with Crippen molar-refractivity contribution in [2.75, 3.05) is 10.6 Å². The molecule has 2 heterocycles. The molecule has 0 bridgehead atoms. The number of oxazole rings is 1. The Labute approximate surface area is 187 Å². The number of amides is 2. The molecule has 1 aliphatic carbocycles. The first kappa shape index (κ1) is 21.7. The minimum atomic E-state index is -1.16. The summed E-state index contributed by atoms with van der Waals surface area (Å²) in [6.07, 6.45) is 6.79. The number of aryl methyl sites for hydroxylation is 1. The van der Waals surface area contributed by atoms with E-state index >= 15 is 0 Å². The van der Waals surface area contributed by atoms with Crippen LogP contribution in [0, 0.1) is 12.8 Å². The van der Waals surface area contributed by atoms with Crippen molar-refractivity contribution in [3.05, 3.63) is 58.2 Å². The lowest BCUT2D eigenvalue weighted by Gasteiger charge is -2.14. The van der Waals surface area contributed by atoms with E-state index in [2.05, 4.69) is 20.6 Å². The summed E-state index contributed by atoms with van der Waals surface area (Å²) in [5.74, 6) is -0.828. The number of carbonyl (C=O) groups is 3. The number of urea groups is 1. The second kappa shape index (κ2) is 9.31. The molecule has 3 N–H and O–H groups in total. The van der Waals surface area contributed by atoms with Crippen LogP contribution in [0.5, 0.6) is 0 Å². The molecule has 166 valence electrons. The summed E-state index contributed by atoms with van der Waals surface area (Å²) in [6.45, 7) is 1.92. The summed E-state index contributed by atoms with van der Waals surface area (Å²) in [4.78, 5) is 45.2. The summed E-state index contributed by atoms with van der Waals surface area (Å²) in [7, 11) is 0. The van der Waals surface area contributed by atoms with Crippen LogP contribution in [-0.4, -0.2) is 32.9 Å². The number of benzene rings is 1. The molecule has 0 unspecified atom stereocenters. The van der Waals surface area contributed by atoms with E-state index in [-0.39, 0.29) is 29.7 Å². The minimum Gasteiger partial charge on any atom is -0.476 e. The first-order valence-electron chi connectivity index (χ1n) is 10.2. The number of thiazole rings is 1. The minimum absolute atomic E-state index is 0.0128. The molecular formula is C22H22N4O5S. The number of aromatic carboxylic acids is 1. The smallest absolute Gasteiger partial charge is 0.357 e. The quantitative estimate of drug-likeness (QED) is 0.439. The van der Waals surface area contributed by atoms with Crippen molar-refractivity contribution in [2.45, 2.75) is 39.0 Å². The SMILES string of the molecule is Cc1ccc(NC(=O)Nc2ncc(Cc3nc(C(=O)O)co3)s2)c(C(=O)C2CCCC2)c1. The van der Waals surface area contributed by atoms with Gasteiger partial charge in [0.2, 0.25) is 0 Å². The zero-order valence-corrected chi connectivity index (χ0v) is 18.2. The Hall–Kier alpha value is -3.53. The largest absolute Gasteiger partial charge is 0.476 e. The molecule has 9 nitrogen and oxygen atoms in total. The van der Waals surface area contributed by atoms with Gasteiger partial charge in [0.25, 0.3) is 0 Å². The number of hydrogen-bond acceptors (Lipinski definition) is 7. The Balaban J connectivity index is 1.41. The average Bonchev–Trinajstić information content (AvgIpc) is 3.51. The predicted octanol–water partition coefficient (Wildman–Crippen LogP) is 4.75. The molecule has 1 fully saturated rings. The molecule has 10 heteroatoms. The highest BCUT2D eigenvalue weighted by molar-refractivity contribution is 7.15. The van der Waals surface area contributed by atoms with Gasteiger partial charge in [0, 0.05) is 22.6 Å². The van der Waals surface area contributed by atoms with Crippen LogP contribution in [0.15, 0.2) is 35.1 Å². The lowest BCUT2D eigenvalue weighted by atomic mass is 9.94. The van der Waals surface area contributed by atoms with E-state index in [1.165, 1.54) is 11.3 Å². The van der Waals surface area contributed by atoms with Crippen LogP contribution >= 0.6 is 11.3 Å². The molecule has 2 amide bonds. The van der Waals surface area contributed by atoms with Crippen LogP contribution in [0.1, 0.15) is 62.9 Å². The number of ketones is 1. The van der Waals surface area contributed by atoms with Gasteiger partial charge in [-0.1, -0.05) is 24.5 Å². The predicted molar refractivity (Wildman–Crippen MR) is 118 cm³/mol. The monoisotopic (exact) mass is 454 g/mol. The molecule has 0 radical (unpaired) electrons. The van der Waals surface area contributed by atoms with E-state index < -0.39 is 12.0 Å². The van der Waals surface area contributed by atoms with Gasteiger partial charge in [0.15, 0.2) is 22.5 Å². The topological polar surface area (TPSA) is 134 Å². The van der Waals surface area contributed by atoms with Crippen LogP contribution in [-0.2, 0) is 6.42 Å². The van der Waals surface area contributed by atoms with E-state index in [1.807, 2.05) is 19.1 Å². The number of rotatable bonds is 7. The van der Waals surface area contributed by atoms with E-state index in [0.717, 1.165) is 42.4 Å². The zero-order chi connectivity index (χ0) is 22.7. The lowest BCUT2D eigenvalue weighted by Crippen LogP contribution is -2.22. The molecule has 4 rings (SSSR count). The van der Waals surface area contributed by atoms with Crippen molar-refractivity contribution < 1.29 is 23.9 Å². The maximum Gasteiger partial charge on any atom is 0.357 e. The summed E-state index contributed by atoms with van der Waals surface area (Å²) < 4.78 is 5.14. The molecule has 1 aromatic carbocycles. The van der Waals surface area contributed by atoms with Gasteiger partial charge in [-0.3, -0.25) is 10.1 Å². The van der Waals surface area contributed by atoms with Crippen molar-refractivity contribution in [3.63, 3.8) is 0 Å². The maximum absolute atomic E-state index is 12.9. The molecule has 1 aliphatic rings. The lowest BCUT2D eigenvalue weighted by molar-refractivity contribution is 0.0690. The molecule has 32 heavy (non-hydrogen) atoms. The van der Waals surface area contributed by atoms with E-state index in [1.54, 1.807) is 12.3 Å². The fourth-order valence-electron chi connectivity index (χ4n) is 3.72. The zero-order valence-electron chi connectivity index (χ0n) is 17.4. The second-order valence-corrected chi connectivity index (χ2v) is 8.83. The van der Waals surface area contributed by atoms with E-state index in [0.29, 0.717) is 16.4 Å². The van der Waals surface area contributed by atoms with Gasteiger partial charge in [-0.15, -0.1) is 11.3 Å². The first-order chi connectivity index (χ1) is 15.4. The van der Waals surface area contributed by atoms with Gasteiger partial charge in [-0.2, -0.15) is 0 Å². The fraction of sp³-hybridized carbons (Fsp3) is 0.318. The number of aromatic nitrogens is 2. The number of carbonyl (C=O) groups excluding carboxylic acids is 2. The van der Waals surface area contributed by atoms with Gasteiger partial charge in [0.05, 0.1) is 12.1 Å². The van der Waals surface area contributed by atoms with Crippen molar-refractivity contribution in [1.29, 1.82) is 0 Å². The van der Waals surface area contributed by atoms with E-state index in [9.17, 15) is 14.4 Å². The number of nitrogens with zero attached hydrogens (tertiary/aromatic N) is 2. The van der Waals surface area contributed by atoms with Crippen LogP contribution in [0.3, 0.4) is 0 Å². The molecule has 2 aromatic heterocycles. The highest BCUT2D eigenvalue weighted by Gasteiger charge is 2.26. The highest BCUT2D eigenvalue weighted by atomic mass is 32.1. The summed E-state index contributed by atoms with van der Waals surface area (Å²) in [5.41, 5.74) is 1.80.